The SMILES string of the molecule is C=CC(=O)OCC(COCC(COC(=O)C=C)(COC(=O)C=C)COC(=O)NCC1CC(C)(C)CC(C)(CC(=O)OCC(F)(F)OC(F)(F)C(F)(F)OCC(F)(F)OC(=O)CC2CC(C)(C)CC(C)(NC(=O)OCC(COC(=O)C=C)(COC(=O)C=C)OCC(COC(=O)C=C)(COC(=O)C=C)COC(=O)C=C)C2)C1)(COC(=O)C=C)COC(=O)C=C. The monoisotopic (exact) mass is 1760 g/mol. The van der Waals surface area contributed by atoms with E-state index in [1.54, 1.807) is 27.7 Å². The Balaban J connectivity index is 2.27. The van der Waals surface area contributed by atoms with Gasteiger partial charge in [-0.3, -0.25) is 9.59 Å². The Labute approximate surface area is 697 Å². The van der Waals surface area contributed by atoms with Crippen LogP contribution in [0.4, 0.5) is 44.7 Å². The van der Waals surface area contributed by atoms with Gasteiger partial charge in [0.2, 0.25) is 0 Å². The first-order valence-corrected chi connectivity index (χ1v) is 36.8. The molecule has 0 aromatic rings. The van der Waals surface area contributed by atoms with E-state index in [-0.39, 0.29) is 38.6 Å². The second kappa shape index (κ2) is 47.9. The van der Waals surface area contributed by atoms with Gasteiger partial charge in [0.1, 0.15) is 79.3 Å². The van der Waals surface area contributed by atoms with E-state index in [1.165, 1.54) is 13.8 Å². The lowest BCUT2D eigenvalue weighted by Gasteiger charge is -2.46. The molecule has 0 spiro atoms. The smallest absolute Gasteiger partial charge is 0.452 e. The molecule has 682 valence electrons. The van der Waals surface area contributed by atoms with Gasteiger partial charge in [0.05, 0.1) is 42.5 Å². The fraction of sp³-hybridized carbons (Fsp3) is 0.575. The fourth-order valence-electron chi connectivity index (χ4n) is 13.2. The standard InChI is InChI=1S/C80H104F8N2O32/c1-17-55(91)106-38-73(39-107-56(92)18-2,40-108-57(93)19-3)36-105-37-74(41-109-58(94)20-4,42-110-59(95)21-5)46-117-67(103)89-33-54-29-69(11,12)34-71(15,30-54)32-66(102)116-51-78(83,84)122-80(87,88)79(85,86)120-52-77(81,82)121-65(101)27-53-28-70(13,14)35-72(16,31-53)90-68(104)118-50-76(48-114-63(99)25-9,49-115-64(100)26-10)119-47-75(43-111-60(96)22-6,44-112-61(97)23-7)45-113-62(98)24-8/h17-26,53-54H,1-10,27-52H2,11-16H3,(H,89,103)(H,90,104). The van der Waals surface area contributed by atoms with Crippen LogP contribution in [-0.2, 0) is 143 Å². The molecule has 0 aliphatic heterocycles. The van der Waals surface area contributed by atoms with Crippen LogP contribution in [0, 0.1) is 44.3 Å². The summed E-state index contributed by atoms with van der Waals surface area (Å²) in [5.41, 5.74) is -12.1. The van der Waals surface area contributed by atoms with E-state index in [0.717, 1.165) is 48.6 Å². The Bertz CT molecular complexity index is 3640. The molecule has 122 heavy (non-hydrogen) atoms. The van der Waals surface area contributed by atoms with Crippen molar-refractivity contribution in [1.29, 1.82) is 0 Å². The lowest BCUT2D eigenvalue weighted by Crippen LogP contribution is -2.56. The lowest BCUT2D eigenvalue weighted by molar-refractivity contribution is -0.488. The maximum atomic E-state index is 15.2. The Kier molecular flexibility index (Phi) is 42.0. The summed E-state index contributed by atoms with van der Waals surface area (Å²) in [5, 5.41) is 5.10. The summed E-state index contributed by atoms with van der Waals surface area (Å²) in [4.78, 5) is 178. The van der Waals surface area contributed by atoms with E-state index in [2.05, 4.69) is 95.4 Å². The summed E-state index contributed by atoms with van der Waals surface area (Å²) in [6.07, 6.45) is -20.0. The molecule has 0 aromatic carbocycles. The van der Waals surface area contributed by atoms with Gasteiger partial charge >= 0.3 is 108 Å². The van der Waals surface area contributed by atoms with Crippen molar-refractivity contribution in [2.45, 2.75) is 128 Å². The Hall–Kier alpha value is -11.1. The molecule has 0 saturated heterocycles. The fourth-order valence-corrected chi connectivity index (χ4v) is 13.2. The van der Waals surface area contributed by atoms with Crippen molar-refractivity contribution < 1.29 is 188 Å². The van der Waals surface area contributed by atoms with E-state index in [9.17, 15) is 84.7 Å². The van der Waals surface area contributed by atoms with Gasteiger partial charge in [-0.25, -0.2) is 62.3 Å². The highest BCUT2D eigenvalue weighted by molar-refractivity contribution is 5.85. The van der Waals surface area contributed by atoms with Crippen LogP contribution in [0.3, 0.4) is 0 Å². The average molecular weight is 1760 g/mol. The van der Waals surface area contributed by atoms with Crippen LogP contribution < -0.4 is 10.6 Å². The predicted octanol–water partition coefficient (Wildman–Crippen LogP) is 9.15. The summed E-state index contributed by atoms with van der Waals surface area (Å²) in [7, 11) is 0. The quantitative estimate of drug-likeness (QED) is 0.0248. The van der Waals surface area contributed by atoms with Crippen LogP contribution in [0.15, 0.2) is 127 Å². The predicted molar refractivity (Wildman–Crippen MR) is 404 cm³/mol. The van der Waals surface area contributed by atoms with Crippen molar-refractivity contribution in [1.82, 2.24) is 10.6 Å². The van der Waals surface area contributed by atoms with E-state index >= 15 is 17.6 Å². The summed E-state index contributed by atoms with van der Waals surface area (Å²) in [6.45, 7) is 25.4. The normalized spacial score (nSPS) is 17.7. The van der Waals surface area contributed by atoms with Crippen molar-refractivity contribution >= 4 is 83.8 Å². The number of rotatable bonds is 57. The molecule has 2 amide bonds. The highest BCUT2D eigenvalue weighted by Crippen LogP contribution is 2.51. The second-order valence-electron chi connectivity index (χ2n) is 31.1. The largest absolute Gasteiger partial charge is 0.462 e. The molecule has 2 fully saturated rings. The number of alkyl carbamates (subject to hydrolysis) is 2. The van der Waals surface area contributed by atoms with Crippen molar-refractivity contribution in [3.05, 3.63) is 127 Å². The van der Waals surface area contributed by atoms with E-state index in [1.807, 2.05) is 0 Å². The van der Waals surface area contributed by atoms with Gasteiger partial charge in [0.15, 0.2) is 18.8 Å². The Morgan fingerprint density at radius 1 is 0.344 bits per heavy atom. The number of hydrogen-bond donors (Lipinski definition) is 2. The summed E-state index contributed by atoms with van der Waals surface area (Å²) < 4.78 is 211. The number of carbonyl (C=O) groups is 14. The second-order valence-corrected chi connectivity index (χ2v) is 31.1. The molecule has 42 heteroatoms. The molecule has 2 N–H and O–H groups in total. The number of nitrogens with one attached hydrogen (secondary N) is 2. The zero-order valence-corrected chi connectivity index (χ0v) is 68.5. The molecule has 2 saturated carbocycles. The van der Waals surface area contributed by atoms with Gasteiger partial charge in [-0.1, -0.05) is 100 Å². The van der Waals surface area contributed by atoms with Gasteiger partial charge < -0.3 is 91.2 Å². The summed E-state index contributed by atoms with van der Waals surface area (Å²) in [6, 6.07) is 0. The van der Waals surface area contributed by atoms with Gasteiger partial charge in [0, 0.05) is 79.3 Å². The minimum atomic E-state index is -6.50. The molecule has 0 aromatic heterocycles. The molecule has 2 rings (SSSR count). The van der Waals surface area contributed by atoms with Gasteiger partial charge in [0.25, 0.3) is 0 Å². The molecule has 4 atom stereocenters. The topological polar surface area (TPSA) is 429 Å². The van der Waals surface area contributed by atoms with Gasteiger partial charge in [-0.2, -0.15) is 35.1 Å². The van der Waals surface area contributed by atoms with Crippen LogP contribution in [0.2, 0.25) is 0 Å². The Morgan fingerprint density at radius 2 is 0.680 bits per heavy atom. The molecule has 4 unspecified atom stereocenters. The molecule has 0 radical (unpaired) electrons. The Morgan fingerprint density at radius 3 is 1.07 bits per heavy atom. The number of halogens is 8. The van der Waals surface area contributed by atoms with Crippen molar-refractivity contribution in [3.8, 4) is 0 Å². The van der Waals surface area contributed by atoms with Gasteiger partial charge in [-0.05, 0) is 73.5 Å². The maximum Gasteiger partial charge on any atom is 0.452 e. The number of ether oxygens (including phenoxy) is 18. The maximum absolute atomic E-state index is 15.2. The van der Waals surface area contributed by atoms with E-state index in [0.29, 0.717) is 18.6 Å². The van der Waals surface area contributed by atoms with E-state index < -0.39 is 289 Å². The van der Waals surface area contributed by atoms with Crippen LogP contribution in [0.25, 0.3) is 0 Å². The van der Waals surface area contributed by atoms with Crippen LogP contribution in [-0.4, -0.2) is 238 Å². The van der Waals surface area contributed by atoms with Crippen molar-refractivity contribution in [2.75, 3.05) is 119 Å². The number of alkyl halides is 8. The molecule has 2 aliphatic carbocycles. The number of esters is 12. The molecule has 2 aliphatic rings. The minimum absolute atomic E-state index is 0.00583. The molecule has 0 heterocycles. The first-order chi connectivity index (χ1) is 56.6. The minimum Gasteiger partial charge on any atom is -0.462 e. The zero-order valence-electron chi connectivity index (χ0n) is 68.5. The first-order valence-electron chi connectivity index (χ1n) is 36.8. The molecular weight excluding hydrogens is 1650 g/mol. The lowest BCUT2D eigenvalue weighted by atomic mass is 9.59. The third-order valence-electron chi connectivity index (χ3n) is 17.9. The van der Waals surface area contributed by atoms with E-state index in [4.69, 9.17) is 66.3 Å². The van der Waals surface area contributed by atoms with Crippen molar-refractivity contribution in [2.24, 2.45) is 44.3 Å². The molecule has 34 nitrogen and oxygen atoms in total. The highest BCUT2D eigenvalue weighted by atomic mass is 19.3. The number of carbonyl (C=O) groups excluding carboxylic acids is 14. The molecule has 0 bridgehead atoms. The highest BCUT2D eigenvalue weighted by Gasteiger charge is 2.66. The van der Waals surface area contributed by atoms with Crippen LogP contribution in [0.5, 0.6) is 0 Å². The average Bonchev–Trinajstić information content (AvgIpc) is 0.797. The van der Waals surface area contributed by atoms with Crippen LogP contribution >= 0.6 is 0 Å². The summed E-state index contributed by atoms with van der Waals surface area (Å²) in [5.74, 6) is -15.3. The van der Waals surface area contributed by atoms with Crippen LogP contribution in [0.1, 0.15) is 92.9 Å². The third kappa shape index (κ3) is 39.1. The zero-order chi connectivity index (χ0) is 92.8. The number of amides is 2. The summed E-state index contributed by atoms with van der Waals surface area (Å²) >= 11 is 0. The van der Waals surface area contributed by atoms with Gasteiger partial charge in [-0.15, -0.1) is 0 Å². The number of hydrogen-bond acceptors (Lipinski definition) is 32. The molecular formula is C80H104F8N2O32. The first kappa shape index (κ1) is 107. The van der Waals surface area contributed by atoms with Crippen molar-refractivity contribution in [3.63, 3.8) is 0 Å². The third-order valence-corrected chi connectivity index (χ3v) is 17.9.